The topological polar surface area (TPSA) is 12.9 Å². The quantitative estimate of drug-likeness (QED) is 0.724. The average Bonchev–Trinajstić information content (AvgIpc) is 2.03. The van der Waals surface area contributed by atoms with Crippen molar-refractivity contribution in [3.05, 3.63) is 28.0 Å². The predicted molar refractivity (Wildman–Crippen MR) is 56.1 cm³/mol. The van der Waals surface area contributed by atoms with Gasteiger partial charge >= 0.3 is 0 Å². The lowest BCUT2D eigenvalue weighted by Gasteiger charge is -2.01. The minimum Gasteiger partial charge on any atom is -0.224 e. The second kappa shape index (κ2) is 4.95. The Hall–Kier alpha value is 0.0800. The van der Waals surface area contributed by atoms with Gasteiger partial charge in [0.05, 0.1) is 0 Å². The summed E-state index contributed by atoms with van der Waals surface area (Å²) in [6.45, 7) is 2.11. The molecule has 0 saturated heterocycles. The molecule has 0 saturated carbocycles. The van der Waals surface area contributed by atoms with Crippen LogP contribution in [0.1, 0.15) is 12.5 Å². The van der Waals surface area contributed by atoms with Crippen LogP contribution in [0.4, 0.5) is 0 Å². The van der Waals surface area contributed by atoms with Crippen molar-refractivity contribution in [3.8, 4) is 0 Å². The number of halogens is 2. The third-order valence-corrected chi connectivity index (χ3v) is 2.81. The Bertz CT molecular complexity index is 265. The molecule has 0 N–H and O–H groups in total. The third kappa shape index (κ3) is 2.85. The Kier molecular flexibility index (Phi) is 4.19. The van der Waals surface area contributed by atoms with E-state index in [9.17, 15) is 0 Å². The van der Waals surface area contributed by atoms with E-state index in [1.54, 1.807) is 6.07 Å². The molecule has 0 aliphatic carbocycles. The van der Waals surface area contributed by atoms with Crippen LogP contribution in [0.2, 0.25) is 10.3 Å². The molecule has 66 valence electrons. The molecule has 0 aromatic carbocycles. The van der Waals surface area contributed by atoms with Gasteiger partial charge in [-0.05, 0) is 17.4 Å². The summed E-state index contributed by atoms with van der Waals surface area (Å²) < 4.78 is 0. The van der Waals surface area contributed by atoms with Crippen LogP contribution < -0.4 is 0 Å². The molecule has 0 fully saturated rings. The summed E-state index contributed by atoms with van der Waals surface area (Å²) in [6, 6.07) is 3.68. The lowest BCUT2D eigenvalue weighted by Crippen LogP contribution is -1.86. The summed E-state index contributed by atoms with van der Waals surface area (Å²) in [4.78, 5) is 3.94. The highest BCUT2D eigenvalue weighted by Gasteiger charge is 2.01. The third-order valence-electron chi connectivity index (χ3n) is 1.35. The van der Waals surface area contributed by atoms with Gasteiger partial charge in [0.15, 0.2) is 0 Å². The first-order chi connectivity index (χ1) is 5.74. The van der Waals surface area contributed by atoms with Crippen LogP contribution in [0.3, 0.4) is 0 Å². The van der Waals surface area contributed by atoms with E-state index in [1.807, 2.05) is 17.8 Å². The molecule has 0 aliphatic rings. The Morgan fingerprint density at radius 2 is 2.17 bits per heavy atom. The maximum absolute atomic E-state index is 5.86. The van der Waals surface area contributed by atoms with E-state index < -0.39 is 0 Å². The monoisotopic (exact) mass is 221 g/mol. The van der Waals surface area contributed by atoms with Crippen molar-refractivity contribution in [2.24, 2.45) is 0 Å². The van der Waals surface area contributed by atoms with Gasteiger partial charge in [-0.25, -0.2) is 4.98 Å². The first-order valence-electron chi connectivity index (χ1n) is 3.62. The first kappa shape index (κ1) is 10.2. The number of thioether (sulfide) groups is 1. The van der Waals surface area contributed by atoms with Crippen molar-refractivity contribution in [2.45, 2.75) is 12.7 Å². The molecule has 1 nitrogen and oxygen atoms in total. The maximum Gasteiger partial charge on any atom is 0.134 e. The molecule has 1 rings (SSSR count). The second-order valence-corrected chi connectivity index (χ2v) is 4.24. The van der Waals surface area contributed by atoms with Gasteiger partial charge in [0.2, 0.25) is 0 Å². The summed E-state index contributed by atoms with van der Waals surface area (Å²) in [7, 11) is 0. The van der Waals surface area contributed by atoms with Crippen molar-refractivity contribution in [3.63, 3.8) is 0 Å². The fourth-order valence-corrected chi connectivity index (χ4v) is 1.91. The summed E-state index contributed by atoms with van der Waals surface area (Å²) in [5, 5.41) is 0.966. The predicted octanol–water partition coefficient (Wildman–Crippen LogP) is 3.64. The molecule has 0 bridgehead atoms. The van der Waals surface area contributed by atoms with E-state index in [1.165, 1.54) is 0 Å². The van der Waals surface area contributed by atoms with Crippen LogP contribution in [0.5, 0.6) is 0 Å². The van der Waals surface area contributed by atoms with Gasteiger partial charge < -0.3 is 0 Å². The molecule has 0 unspecified atom stereocenters. The van der Waals surface area contributed by atoms with Gasteiger partial charge in [0, 0.05) is 5.75 Å². The molecular weight excluding hydrogens is 213 g/mol. The summed E-state index contributed by atoms with van der Waals surface area (Å²) in [5.74, 6) is 1.98. The zero-order chi connectivity index (χ0) is 8.97. The lowest BCUT2D eigenvalue weighted by atomic mass is 10.3. The van der Waals surface area contributed by atoms with Crippen molar-refractivity contribution in [1.29, 1.82) is 0 Å². The Balaban J connectivity index is 2.72. The van der Waals surface area contributed by atoms with Crippen LogP contribution in [-0.4, -0.2) is 10.7 Å². The van der Waals surface area contributed by atoms with Gasteiger partial charge in [-0.1, -0.05) is 36.2 Å². The van der Waals surface area contributed by atoms with Crippen LogP contribution in [0, 0.1) is 0 Å². The van der Waals surface area contributed by atoms with Gasteiger partial charge in [0.1, 0.15) is 10.3 Å². The Morgan fingerprint density at radius 1 is 1.42 bits per heavy atom. The van der Waals surface area contributed by atoms with E-state index in [-0.39, 0.29) is 0 Å². The number of hydrogen-bond acceptors (Lipinski definition) is 2. The van der Waals surface area contributed by atoms with Crippen LogP contribution in [-0.2, 0) is 5.75 Å². The lowest BCUT2D eigenvalue weighted by molar-refractivity contribution is 1.25. The molecule has 1 aromatic heterocycles. The molecule has 0 spiro atoms. The summed E-state index contributed by atoms with van der Waals surface area (Å²) in [6.07, 6.45) is 0. The molecule has 12 heavy (non-hydrogen) atoms. The van der Waals surface area contributed by atoms with Crippen LogP contribution in [0.25, 0.3) is 0 Å². The molecule has 1 heterocycles. The van der Waals surface area contributed by atoms with E-state index in [4.69, 9.17) is 23.2 Å². The normalized spacial score (nSPS) is 10.2. The molecule has 0 aliphatic heterocycles. The average molecular weight is 222 g/mol. The van der Waals surface area contributed by atoms with Crippen molar-refractivity contribution < 1.29 is 0 Å². The van der Waals surface area contributed by atoms with Crippen LogP contribution in [0.15, 0.2) is 12.1 Å². The summed E-state index contributed by atoms with van der Waals surface area (Å²) >= 11 is 13.3. The molecular formula is C8H9Cl2NS. The molecule has 0 atom stereocenters. The number of pyridine rings is 1. The highest BCUT2D eigenvalue weighted by Crippen LogP contribution is 2.20. The maximum atomic E-state index is 5.86. The highest BCUT2D eigenvalue weighted by atomic mass is 35.5. The molecule has 0 amide bonds. The number of rotatable bonds is 3. The number of aromatic nitrogens is 1. The minimum atomic E-state index is 0.449. The van der Waals surface area contributed by atoms with Crippen LogP contribution >= 0.6 is 35.0 Å². The van der Waals surface area contributed by atoms with E-state index in [2.05, 4.69) is 11.9 Å². The van der Waals surface area contributed by atoms with E-state index in [0.717, 1.165) is 17.1 Å². The van der Waals surface area contributed by atoms with Gasteiger partial charge in [-0.15, -0.1) is 0 Å². The molecule has 4 heteroatoms. The SMILES string of the molecule is CCSCc1ccc(Cl)nc1Cl. The molecule has 0 radical (unpaired) electrons. The Morgan fingerprint density at radius 3 is 2.75 bits per heavy atom. The van der Waals surface area contributed by atoms with Gasteiger partial charge in [-0.3, -0.25) is 0 Å². The van der Waals surface area contributed by atoms with Gasteiger partial charge in [-0.2, -0.15) is 11.8 Å². The van der Waals surface area contributed by atoms with E-state index in [0.29, 0.717) is 10.3 Å². The highest BCUT2D eigenvalue weighted by molar-refractivity contribution is 7.98. The van der Waals surface area contributed by atoms with Gasteiger partial charge in [0.25, 0.3) is 0 Å². The second-order valence-electron chi connectivity index (χ2n) is 2.22. The fourth-order valence-electron chi connectivity index (χ4n) is 0.761. The summed E-state index contributed by atoms with van der Waals surface area (Å²) in [5.41, 5.74) is 1.05. The minimum absolute atomic E-state index is 0.449. The fraction of sp³-hybridized carbons (Fsp3) is 0.375. The number of nitrogens with zero attached hydrogens (tertiary/aromatic N) is 1. The Labute approximate surface area is 86.5 Å². The van der Waals surface area contributed by atoms with Crippen molar-refractivity contribution in [2.75, 3.05) is 5.75 Å². The smallest absolute Gasteiger partial charge is 0.134 e. The van der Waals surface area contributed by atoms with Crippen molar-refractivity contribution in [1.82, 2.24) is 4.98 Å². The zero-order valence-electron chi connectivity index (χ0n) is 6.68. The molecule has 1 aromatic rings. The first-order valence-corrected chi connectivity index (χ1v) is 5.53. The van der Waals surface area contributed by atoms with Crippen molar-refractivity contribution >= 4 is 35.0 Å². The van der Waals surface area contributed by atoms with E-state index >= 15 is 0 Å². The standard InChI is InChI=1S/C8H9Cl2NS/c1-2-12-5-6-3-4-7(9)11-8(6)10/h3-4H,2,5H2,1H3. The zero-order valence-corrected chi connectivity index (χ0v) is 9.01. The largest absolute Gasteiger partial charge is 0.224 e. The number of hydrogen-bond donors (Lipinski definition) is 0.